The molecular formula is C35H37ClN4O5S. The summed E-state index contributed by atoms with van der Waals surface area (Å²) < 4.78 is 14.0. The Morgan fingerprint density at radius 3 is 2.52 bits per heavy atom. The van der Waals surface area contributed by atoms with Crippen LogP contribution in [-0.4, -0.2) is 69.1 Å². The minimum Gasteiger partial charge on any atom is -0.479 e. The van der Waals surface area contributed by atoms with E-state index in [-0.39, 0.29) is 18.4 Å². The topological polar surface area (TPSA) is 107 Å². The number of fused-ring (bicyclic) bond motifs is 2. The molecule has 240 valence electrons. The molecular weight excluding hydrogens is 624 g/mol. The second-order valence-electron chi connectivity index (χ2n) is 12.8. The van der Waals surface area contributed by atoms with Crippen molar-refractivity contribution in [3.8, 4) is 21.7 Å². The van der Waals surface area contributed by atoms with Gasteiger partial charge in [0.15, 0.2) is 6.10 Å². The van der Waals surface area contributed by atoms with Gasteiger partial charge >= 0.3 is 5.97 Å². The van der Waals surface area contributed by atoms with Crippen LogP contribution in [0.1, 0.15) is 56.0 Å². The molecule has 1 aliphatic heterocycles. The molecule has 1 aliphatic rings. The smallest absolute Gasteiger partial charge is 0.337 e. The van der Waals surface area contributed by atoms with Crippen LogP contribution in [0.3, 0.4) is 0 Å². The number of carbonyl (C=O) groups excluding carboxylic acids is 1. The minimum absolute atomic E-state index is 0.00964. The zero-order valence-electron chi connectivity index (χ0n) is 26.8. The van der Waals surface area contributed by atoms with Crippen molar-refractivity contribution in [3.63, 3.8) is 0 Å². The Morgan fingerprint density at radius 2 is 1.85 bits per heavy atom. The lowest BCUT2D eigenvalue weighted by molar-refractivity contribution is -0.160. The first-order valence-corrected chi connectivity index (χ1v) is 16.4. The van der Waals surface area contributed by atoms with Gasteiger partial charge in [-0.2, -0.15) is 5.10 Å². The molecule has 0 radical (unpaired) electrons. The summed E-state index contributed by atoms with van der Waals surface area (Å²) in [4.78, 5) is 32.1. The number of nitrogens with zero attached hydrogens (tertiary/aromatic N) is 4. The van der Waals surface area contributed by atoms with E-state index >= 15 is 0 Å². The molecule has 6 rings (SSSR count). The third-order valence-electron chi connectivity index (χ3n) is 8.34. The van der Waals surface area contributed by atoms with Crippen molar-refractivity contribution in [1.82, 2.24) is 19.7 Å². The zero-order valence-corrected chi connectivity index (χ0v) is 28.3. The molecule has 3 aromatic carbocycles. The molecule has 2 aromatic heterocycles. The van der Waals surface area contributed by atoms with Crippen molar-refractivity contribution >= 4 is 55.9 Å². The SMILES string of the molecule is COCC(=O)N1CC[C@H](c2nn(C)c3ccc(-c4nc5cc(C)c([C@H](OC(C)(C)C)C(=O)O)c(-c6ccc(Cl)cc6)c5s4)cc23)C1. The number of aryl methyl sites for hydroxylation is 2. The monoisotopic (exact) mass is 660 g/mol. The second-order valence-corrected chi connectivity index (χ2v) is 14.2. The van der Waals surface area contributed by atoms with Crippen molar-refractivity contribution in [3.05, 3.63) is 70.4 Å². The molecule has 46 heavy (non-hydrogen) atoms. The minimum atomic E-state index is -1.18. The van der Waals surface area contributed by atoms with Gasteiger partial charge in [-0.1, -0.05) is 23.7 Å². The normalized spacial score (nSPS) is 16.1. The Bertz CT molecular complexity index is 1960. The highest BCUT2D eigenvalue weighted by molar-refractivity contribution is 7.22. The van der Waals surface area contributed by atoms with Crippen LogP contribution in [0.2, 0.25) is 5.02 Å². The molecule has 9 nitrogen and oxygen atoms in total. The molecule has 3 heterocycles. The first kappa shape index (κ1) is 32.1. The Labute approximate surface area is 276 Å². The van der Waals surface area contributed by atoms with E-state index in [4.69, 9.17) is 31.2 Å². The van der Waals surface area contributed by atoms with Gasteiger partial charge in [-0.25, -0.2) is 9.78 Å². The predicted molar refractivity (Wildman–Crippen MR) is 182 cm³/mol. The van der Waals surface area contributed by atoms with Gasteiger partial charge in [0.2, 0.25) is 5.91 Å². The number of amides is 1. The number of hydrogen-bond donors (Lipinski definition) is 1. The fourth-order valence-corrected chi connectivity index (χ4v) is 7.56. The van der Waals surface area contributed by atoms with Crippen LogP contribution >= 0.6 is 22.9 Å². The summed E-state index contributed by atoms with van der Waals surface area (Å²) in [5.74, 6) is -0.946. The zero-order chi connectivity index (χ0) is 32.9. The van der Waals surface area contributed by atoms with Gasteiger partial charge in [-0.3, -0.25) is 9.48 Å². The van der Waals surface area contributed by atoms with Gasteiger partial charge in [-0.05, 0) is 81.6 Å². The lowest BCUT2D eigenvalue weighted by atomic mass is 9.91. The van der Waals surface area contributed by atoms with Gasteiger partial charge < -0.3 is 19.5 Å². The van der Waals surface area contributed by atoms with Crippen LogP contribution in [0, 0.1) is 6.92 Å². The average Bonchev–Trinajstić information content (AvgIpc) is 3.73. The van der Waals surface area contributed by atoms with Crippen LogP contribution in [0.5, 0.6) is 0 Å². The largest absolute Gasteiger partial charge is 0.479 e. The molecule has 0 saturated carbocycles. The molecule has 0 bridgehead atoms. The number of carboxylic acid groups (broad SMARTS) is 1. The number of likely N-dealkylation sites (tertiary alicyclic amines) is 1. The summed E-state index contributed by atoms with van der Waals surface area (Å²) in [5, 5.41) is 17.7. The maximum Gasteiger partial charge on any atom is 0.337 e. The number of aromatic nitrogens is 3. The number of rotatable bonds is 8. The van der Waals surface area contributed by atoms with Crippen molar-refractivity contribution < 1.29 is 24.2 Å². The Hall–Kier alpha value is -3.83. The van der Waals surface area contributed by atoms with Crippen molar-refractivity contribution in [1.29, 1.82) is 0 Å². The molecule has 0 spiro atoms. The number of thiazole rings is 1. The highest BCUT2D eigenvalue weighted by Gasteiger charge is 2.33. The summed E-state index contributed by atoms with van der Waals surface area (Å²) in [6, 6.07) is 15.6. The number of ether oxygens (including phenoxy) is 2. The Kier molecular flexibility index (Phi) is 8.67. The number of hydrogen-bond acceptors (Lipinski definition) is 7. The van der Waals surface area contributed by atoms with Crippen LogP contribution in [-0.2, 0) is 26.1 Å². The van der Waals surface area contributed by atoms with Gasteiger partial charge in [0.25, 0.3) is 0 Å². The lowest BCUT2D eigenvalue weighted by Crippen LogP contribution is -2.31. The third-order valence-corrected chi connectivity index (χ3v) is 9.73. The van der Waals surface area contributed by atoms with Gasteiger partial charge in [0.05, 0.1) is 27.0 Å². The number of halogens is 1. The number of carbonyl (C=O) groups is 2. The Balaban J connectivity index is 1.49. The third kappa shape index (κ3) is 6.14. The van der Waals surface area contributed by atoms with E-state index in [9.17, 15) is 14.7 Å². The molecule has 5 aromatic rings. The molecule has 1 amide bonds. The number of methoxy groups -OCH3 is 1. The van der Waals surface area contributed by atoms with E-state index in [2.05, 4.69) is 12.1 Å². The molecule has 0 unspecified atom stereocenters. The van der Waals surface area contributed by atoms with E-state index < -0.39 is 17.7 Å². The quantitative estimate of drug-likeness (QED) is 0.185. The van der Waals surface area contributed by atoms with E-state index in [1.54, 1.807) is 0 Å². The van der Waals surface area contributed by atoms with E-state index in [1.165, 1.54) is 18.4 Å². The maximum absolute atomic E-state index is 12.7. The van der Waals surface area contributed by atoms with Gasteiger partial charge in [0, 0.05) is 60.3 Å². The maximum atomic E-state index is 12.7. The van der Waals surface area contributed by atoms with Crippen LogP contribution in [0.15, 0.2) is 48.5 Å². The second kappa shape index (κ2) is 12.4. The van der Waals surface area contributed by atoms with Crippen molar-refractivity contribution in [2.75, 3.05) is 26.8 Å². The van der Waals surface area contributed by atoms with E-state index in [0.29, 0.717) is 23.7 Å². The summed E-state index contributed by atoms with van der Waals surface area (Å²) in [6.07, 6.45) is -0.349. The molecule has 1 N–H and O–H groups in total. The molecule has 1 saturated heterocycles. The van der Waals surface area contributed by atoms with Crippen molar-refractivity contribution in [2.24, 2.45) is 7.05 Å². The predicted octanol–water partition coefficient (Wildman–Crippen LogP) is 7.38. The first-order chi connectivity index (χ1) is 21.8. The summed E-state index contributed by atoms with van der Waals surface area (Å²) >= 11 is 7.78. The van der Waals surface area contributed by atoms with Crippen molar-refractivity contribution in [2.45, 2.75) is 51.7 Å². The number of carboxylic acids is 1. The molecule has 1 fully saturated rings. The summed E-state index contributed by atoms with van der Waals surface area (Å²) in [7, 11) is 3.47. The average molecular weight is 661 g/mol. The van der Waals surface area contributed by atoms with Gasteiger partial charge in [0.1, 0.15) is 11.6 Å². The lowest BCUT2D eigenvalue weighted by Gasteiger charge is -2.28. The number of benzene rings is 3. The van der Waals surface area contributed by atoms with E-state index in [1.807, 2.05) is 80.7 Å². The standard InChI is InChI=1S/C35H37ClN4O5S/c1-19-15-25-32(29(20-7-10-23(36)11-8-20)28(19)31(34(42)43)45-35(2,3)4)46-33(37-25)21-9-12-26-24(16-21)30(38-39(26)5)22-13-14-40(17-22)27(41)18-44-6/h7-12,15-16,22,31H,13-14,17-18H2,1-6H3,(H,42,43)/t22-,31-/m0/s1. The number of aliphatic carboxylic acids is 1. The fourth-order valence-electron chi connectivity index (χ4n) is 6.31. The fraction of sp³-hybridized carbons (Fsp3) is 0.371. The summed E-state index contributed by atoms with van der Waals surface area (Å²) in [6.45, 7) is 8.83. The van der Waals surface area contributed by atoms with Crippen LogP contribution in [0.4, 0.5) is 0 Å². The molecule has 0 aliphatic carbocycles. The molecule has 2 atom stereocenters. The molecule has 11 heteroatoms. The van der Waals surface area contributed by atoms with E-state index in [0.717, 1.165) is 60.5 Å². The van der Waals surface area contributed by atoms with Crippen LogP contribution in [0.25, 0.3) is 42.8 Å². The highest BCUT2D eigenvalue weighted by Crippen LogP contribution is 2.45. The first-order valence-electron chi connectivity index (χ1n) is 15.2. The van der Waals surface area contributed by atoms with Crippen LogP contribution < -0.4 is 0 Å². The summed E-state index contributed by atoms with van der Waals surface area (Å²) in [5.41, 5.74) is 6.01. The van der Waals surface area contributed by atoms with Gasteiger partial charge in [-0.15, -0.1) is 11.3 Å². The Morgan fingerprint density at radius 1 is 1.13 bits per heavy atom. The highest BCUT2D eigenvalue weighted by atomic mass is 35.5.